The molecular weight excluding hydrogens is 142 g/mol. The minimum absolute atomic E-state index is 0.0442. The van der Waals surface area contributed by atoms with Crippen molar-refractivity contribution in [1.82, 2.24) is 16.0 Å². The van der Waals surface area contributed by atoms with E-state index in [-0.39, 0.29) is 11.9 Å². The van der Waals surface area contributed by atoms with Crippen molar-refractivity contribution in [3.63, 3.8) is 0 Å². The highest BCUT2D eigenvalue weighted by Crippen LogP contribution is 1.88. The molecule has 3 N–H and O–H groups in total. The molecule has 1 amide bonds. The van der Waals surface area contributed by atoms with Gasteiger partial charge in [0.1, 0.15) is 0 Å². The monoisotopic (exact) mass is 159 g/mol. The van der Waals surface area contributed by atoms with Crippen molar-refractivity contribution < 1.29 is 4.79 Å². The summed E-state index contributed by atoms with van der Waals surface area (Å²) in [5.74, 6) is 0.0442. The number of rotatable bonds is 5. The lowest BCUT2D eigenvalue weighted by Gasteiger charge is -2.13. The van der Waals surface area contributed by atoms with E-state index in [0.29, 0.717) is 0 Å². The molecule has 11 heavy (non-hydrogen) atoms. The topological polar surface area (TPSA) is 53.2 Å². The molecule has 0 aliphatic rings. The van der Waals surface area contributed by atoms with E-state index >= 15 is 0 Å². The number of hydrogen-bond acceptors (Lipinski definition) is 3. The van der Waals surface area contributed by atoms with Gasteiger partial charge in [-0.2, -0.15) is 0 Å². The van der Waals surface area contributed by atoms with E-state index < -0.39 is 0 Å². The zero-order chi connectivity index (χ0) is 8.69. The van der Waals surface area contributed by atoms with Gasteiger partial charge in [-0.3, -0.25) is 4.79 Å². The van der Waals surface area contributed by atoms with Crippen LogP contribution in [0, 0.1) is 0 Å². The Morgan fingerprint density at radius 2 is 2.00 bits per heavy atom. The smallest absolute Gasteiger partial charge is 0.236 e. The molecule has 0 fully saturated rings. The third kappa shape index (κ3) is 3.95. The largest absolute Gasteiger partial charge is 0.358 e. The quantitative estimate of drug-likeness (QED) is 0.479. The Labute approximate surface area is 67.7 Å². The van der Waals surface area contributed by atoms with E-state index in [9.17, 15) is 4.79 Å². The predicted octanol–water partition coefficient (Wildman–Crippen LogP) is -1.07. The number of carbonyl (C=O) groups is 1. The summed E-state index contributed by atoms with van der Waals surface area (Å²) in [7, 11) is 5.30. The Morgan fingerprint density at radius 1 is 1.36 bits per heavy atom. The minimum atomic E-state index is -0.0764. The van der Waals surface area contributed by atoms with E-state index in [1.807, 2.05) is 7.05 Å². The highest BCUT2D eigenvalue weighted by molar-refractivity contribution is 5.81. The third-order valence-corrected chi connectivity index (χ3v) is 1.59. The van der Waals surface area contributed by atoms with Crippen LogP contribution >= 0.6 is 0 Å². The van der Waals surface area contributed by atoms with E-state index in [1.54, 1.807) is 14.1 Å². The van der Waals surface area contributed by atoms with Crippen LogP contribution in [0.15, 0.2) is 0 Å². The Bertz CT molecular complexity index is 116. The normalized spacial score (nSPS) is 12.6. The number of likely N-dealkylation sites (N-methyl/N-ethyl adjacent to an activating group) is 2. The van der Waals surface area contributed by atoms with E-state index in [0.717, 1.165) is 13.0 Å². The van der Waals surface area contributed by atoms with Crippen molar-refractivity contribution in [2.75, 3.05) is 27.7 Å². The van der Waals surface area contributed by atoms with Gasteiger partial charge in [-0.15, -0.1) is 0 Å². The first-order chi connectivity index (χ1) is 5.26. The van der Waals surface area contributed by atoms with Crippen molar-refractivity contribution in [3.05, 3.63) is 0 Å². The van der Waals surface area contributed by atoms with Gasteiger partial charge in [-0.05, 0) is 27.1 Å². The highest BCUT2D eigenvalue weighted by Gasteiger charge is 2.12. The summed E-state index contributed by atoms with van der Waals surface area (Å²) in [5.41, 5.74) is 0. The number of carbonyl (C=O) groups excluding carboxylic acids is 1. The van der Waals surface area contributed by atoms with Crippen molar-refractivity contribution in [1.29, 1.82) is 0 Å². The predicted molar refractivity (Wildman–Crippen MR) is 45.5 cm³/mol. The van der Waals surface area contributed by atoms with Crippen molar-refractivity contribution >= 4 is 5.91 Å². The van der Waals surface area contributed by atoms with Gasteiger partial charge in [0.05, 0.1) is 6.04 Å². The Hall–Kier alpha value is -0.610. The van der Waals surface area contributed by atoms with E-state index in [1.165, 1.54) is 0 Å². The van der Waals surface area contributed by atoms with Gasteiger partial charge >= 0.3 is 0 Å². The van der Waals surface area contributed by atoms with Gasteiger partial charge in [0.2, 0.25) is 5.91 Å². The zero-order valence-corrected chi connectivity index (χ0v) is 7.40. The van der Waals surface area contributed by atoms with Crippen LogP contribution in [0.3, 0.4) is 0 Å². The fourth-order valence-electron chi connectivity index (χ4n) is 0.869. The molecule has 4 heteroatoms. The van der Waals surface area contributed by atoms with Crippen molar-refractivity contribution in [2.24, 2.45) is 0 Å². The second kappa shape index (κ2) is 6.12. The van der Waals surface area contributed by atoms with Gasteiger partial charge in [0, 0.05) is 7.05 Å². The Balaban J connectivity index is 3.65. The number of amides is 1. The Morgan fingerprint density at radius 3 is 2.36 bits per heavy atom. The summed E-state index contributed by atoms with van der Waals surface area (Å²) in [6, 6.07) is -0.0764. The molecule has 0 aliphatic heterocycles. The molecule has 0 radical (unpaired) electrons. The summed E-state index contributed by atoms with van der Waals surface area (Å²) in [6.07, 6.45) is 0.812. The van der Waals surface area contributed by atoms with Gasteiger partial charge in [-0.25, -0.2) is 0 Å². The molecule has 66 valence electrons. The summed E-state index contributed by atoms with van der Waals surface area (Å²) < 4.78 is 0. The Kier molecular flexibility index (Phi) is 5.78. The molecule has 1 atom stereocenters. The van der Waals surface area contributed by atoms with Gasteiger partial charge in [-0.1, -0.05) is 0 Å². The van der Waals surface area contributed by atoms with Crippen LogP contribution in [-0.4, -0.2) is 39.6 Å². The average molecular weight is 159 g/mol. The lowest BCUT2D eigenvalue weighted by atomic mass is 10.2. The highest BCUT2D eigenvalue weighted by atomic mass is 16.2. The molecule has 0 heterocycles. The van der Waals surface area contributed by atoms with Gasteiger partial charge in [0.15, 0.2) is 0 Å². The molecule has 4 nitrogen and oxygen atoms in total. The summed E-state index contributed by atoms with van der Waals surface area (Å²) >= 11 is 0. The van der Waals surface area contributed by atoms with E-state index in [4.69, 9.17) is 0 Å². The van der Waals surface area contributed by atoms with Crippen molar-refractivity contribution in [2.45, 2.75) is 12.5 Å². The summed E-state index contributed by atoms with van der Waals surface area (Å²) in [6.45, 7) is 0.846. The first-order valence-corrected chi connectivity index (χ1v) is 3.79. The lowest BCUT2D eigenvalue weighted by Crippen LogP contribution is -2.42. The lowest BCUT2D eigenvalue weighted by molar-refractivity contribution is -0.122. The van der Waals surface area contributed by atoms with Gasteiger partial charge in [0.25, 0.3) is 0 Å². The second-order valence-electron chi connectivity index (χ2n) is 2.35. The molecule has 1 unspecified atom stereocenters. The zero-order valence-electron chi connectivity index (χ0n) is 7.40. The first-order valence-electron chi connectivity index (χ1n) is 3.79. The number of hydrogen-bond donors (Lipinski definition) is 3. The minimum Gasteiger partial charge on any atom is -0.358 e. The maximum Gasteiger partial charge on any atom is 0.236 e. The molecular formula is C7H17N3O. The molecule has 0 rings (SSSR count). The third-order valence-electron chi connectivity index (χ3n) is 1.59. The summed E-state index contributed by atoms with van der Waals surface area (Å²) in [4.78, 5) is 11.0. The van der Waals surface area contributed by atoms with Crippen LogP contribution in [0.2, 0.25) is 0 Å². The van der Waals surface area contributed by atoms with Crippen molar-refractivity contribution in [3.8, 4) is 0 Å². The van der Waals surface area contributed by atoms with Crippen LogP contribution in [0.5, 0.6) is 0 Å². The fraction of sp³-hybridized carbons (Fsp3) is 0.857. The maximum atomic E-state index is 11.0. The molecule has 0 aromatic heterocycles. The standard InChI is InChI=1S/C7H17N3O/c1-8-5-4-6(9-2)7(11)10-3/h6,8-9H,4-5H2,1-3H3,(H,10,11). The van der Waals surface area contributed by atoms with Crippen LogP contribution in [-0.2, 0) is 4.79 Å². The molecule has 0 aromatic rings. The SMILES string of the molecule is CNCCC(NC)C(=O)NC. The van der Waals surface area contributed by atoms with Crippen LogP contribution in [0.25, 0.3) is 0 Å². The molecule has 0 saturated carbocycles. The second-order valence-corrected chi connectivity index (χ2v) is 2.35. The first kappa shape index (κ1) is 10.4. The molecule has 0 spiro atoms. The van der Waals surface area contributed by atoms with Crippen LogP contribution < -0.4 is 16.0 Å². The molecule has 0 saturated heterocycles. The van der Waals surface area contributed by atoms with E-state index in [2.05, 4.69) is 16.0 Å². The molecule has 0 bridgehead atoms. The fourth-order valence-corrected chi connectivity index (χ4v) is 0.869. The maximum absolute atomic E-state index is 11.0. The summed E-state index contributed by atoms with van der Waals surface area (Å²) in [5, 5.41) is 8.52. The van der Waals surface area contributed by atoms with Crippen LogP contribution in [0.1, 0.15) is 6.42 Å². The number of nitrogens with one attached hydrogen (secondary N) is 3. The average Bonchev–Trinajstić information content (AvgIpc) is 2.05. The van der Waals surface area contributed by atoms with Gasteiger partial charge < -0.3 is 16.0 Å². The molecule has 0 aliphatic carbocycles. The van der Waals surface area contributed by atoms with Crippen LogP contribution in [0.4, 0.5) is 0 Å². The molecule has 0 aromatic carbocycles.